The van der Waals surface area contributed by atoms with E-state index in [4.69, 9.17) is 56.4 Å². The van der Waals surface area contributed by atoms with Gasteiger partial charge in [0, 0.05) is 51.0 Å². The highest BCUT2D eigenvalue weighted by molar-refractivity contribution is 6.02. The van der Waals surface area contributed by atoms with E-state index >= 15 is 0 Å². The summed E-state index contributed by atoms with van der Waals surface area (Å²) in [4.78, 5) is 210. The zero-order valence-corrected chi connectivity index (χ0v) is 69.8. The highest BCUT2D eigenvalue weighted by Crippen LogP contribution is 2.19. The van der Waals surface area contributed by atoms with Gasteiger partial charge >= 0.3 is 0 Å². The molecule has 42 heteroatoms. The molecule has 0 aliphatic rings. The van der Waals surface area contributed by atoms with Gasteiger partial charge in [0.2, 0.25) is 82.7 Å². The van der Waals surface area contributed by atoms with Gasteiger partial charge in [-0.1, -0.05) is 104 Å². The highest BCUT2D eigenvalue weighted by Gasteiger charge is 2.39. The summed E-state index contributed by atoms with van der Waals surface area (Å²) in [6.45, 7) is 13.4. The minimum Gasteiger partial charge on any atom is -0.508 e. The van der Waals surface area contributed by atoms with Crippen molar-refractivity contribution in [2.45, 2.75) is 237 Å². The number of phenols is 2. The van der Waals surface area contributed by atoms with Gasteiger partial charge in [0.05, 0.1) is 6.42 Å². The first-order valence-corrected chi connectivity index (χ1v) is 40.2. The minimum absolute atomic E-state index is 0.00749. The normalized spacial score (nSPS) is 14.5. The molecule has 3 rings (SSSR count). The third kappa shape index (κ3) is 38.1. The lowest BCUT2D eigenvalue weighted by atomic mass is 9.95. The molecule has 14 atom stereocenters. The second-order valence-corrected chi connectivity index (χ2v) is 30.1. The topological polar surface area (TPSA) is 731 Å². The zero-order chi connectivity index (χ0) is 90.8. The number of amides is 15. The Labute approximate surface area is 703 Å². The average Bonchev–Trinajstić information content (AvgIpc) is 0.846. The van der Waals surface area contributed by atoms with Crippen LogP contribution in [0.4, 0.5) is 0 Å². The smallest absolute Gasteiger partial charge is 0.251 e. The van der Waals surface area contributed by atoms with Gasteiger partial charge in [-0.05, 0) is 136 Å². The molecule has 121 heavy (non-hydrogen) atoms. The van der Waals surface area contributed by atoms with E-state index in [0.717, 1.165) is 5.56 Å². The number of rotatable bonds is 55. The minimum atomic E-state index is -1.82. The lowest BCUT2D eigenvalue weighted by molar-refractivity contribution is -0.137. The molecule has 0 saturated carbocycles. The summed E-state index contributed by atoms with van der Waals surface area (Å²) in [5.41, 5.74) is 40.9. The quantitative estimate of drug-likeness (QED) is 0.0145. The fraction of sp³-hybridized carbons (Fsp3) is 0.544. The van der Waals surface area contributed by atoms with Crippen molar-refractivity contribution in [2.24, 2.45) is 57.9 Å². The molecule has 0 aliphatic carbocycles. The highest BCUT2D eigenvalue weighted by atomic mass is 16.3. The van der Waals surface area contributed by atoms with Crippen LogP contribution < -0.4 is 120 Å². The van der Waals surface area contributed by atoms with Crippen molar-refractivity contribution in [2.75, 3.05) is 19.6 Å². The molecule has 0 aromatic heterocycles. The van der Waals surface area contributed by atoms with Crippen molar-refractivity contribution < 1.29 is 82.1 Å². The van der Waals surface area contributed by atoms with E-state index < -0.39 is 204 Å². The van der Waals surface area contributed by atoms with E-state index in [-0.39, 0.29) is 139 Å². The van der Waals surface area contributed by atoms with Crippen LogP contribution in [0.5, 0.6) is 11.5 Å². The van der Waals surface area contributed by atoms with Gasteiger partial charge in [0.15, 0.2) is 17.9 Å². The van der Waals surface area contributed by atoms with Gasteiger partial charge in [0.25, 0.3) is 5.91 Å². The molecule has 0 heterocycles. The summed E-state index contributed by atoms with van der Waals surface area (Å²) in [5, 5.41) is 81.7. The van der Waals surface area contributed by atoms with Gasteiger partial charge in [-0.2, -0.15) is 0 Å². The second-order valence-electron chi connectivity index (χ2n) is 30.1. The number of carbonyl (C=O) groups is 15. The number of nitrogens with one attached hydrogen (secondary N) is 18. The Balaban J connectivity index is 1.95. The van der Waals surface area contributed by atoms with E-state index in [1.54, 1.807) is 60.6 Å². The van der Waals surface area contributed by atoms with Crippen LogP contribution in [0.2, 0.25) is 0 Å². The molecule has 3 aromatic carbocycles. The molecule has 0 aliphatic heterocycles. The van der Waals surface area contributed by atoms with Crippen LogP contribution in [0.3, 0.4) is 0 Å². The first-order chi connectivity index (χ1) is 57.1. The predicted molar refractivity (Wildman–Crippen MR) is 448 cm³/mol. The summed E-state index contributed by atoms with van der Waals surface area (Å²) in [6.07, 6.45) is -1.67. The first-order valence-electron chi connectivity index (χ1n) is 40.2. The Hall–Kier alpha value is -12.9. The SMILES string of the molecule is CCC[C@H](NC(=O)[C@@H](NC(=O)[C@H](CC(C)C)NC(=O)[C@H](CC(N)=O)NC(=O)[C@@H](NC(=O)[C@H](Cc1ccc(O)cc1)NC(=O)[C@H](C)NC(=O)[C@H](CCCNC(=N)N)NC(=O)c1ccc(CN)cc1)[C@@H](C)CC)[C@@H](C)CC)C(=O)N[C@@H](CCCNC(=N)N)C(=O)N[C@@H](CCC(N)=O)C(=O)N[C@@H](CCCNC(=N)N)C(=O)N[C@@H](Cc1ccc(O)cc1)C(N)=O. The molecular formula is C79H125N25O17. The van der Waals surface area contributed by atoms with Crippen LogP contribution in [-0.4, -0.2) is 209 Å². The Bertz CT molecular complexity index is 4020. The lowest BCUT2D eigenvalue weighted by Gasteiger charge is -2.30. The standard InChI is InChI=1S/C79H125N25O17/c1-9-15-51(68(113)95-53(17-13-34-91-78(86)87)69(114)97-55(31-32-60(81)107)71(116)96-54(18-14-35-92-79(88)89)70(115)99-56(64(83)109)37-45-21-27-49(105)28-22-45)98-75(120)62(42(6)10-2)103-73(118)57(36-41(4)5)101-72(117)59(39-61(82)108)102-76(121)63(43(7)11-3)104-74(119)58(38-46-23-29-50(106)30-24-46)100-65(110)44(8)93-67(112)52(16-12-33-90-77(84)85)94-66(111)48-25-19-47(40-80)20-26-48/h19-30,41-44,51-59,62-63,105-106H,9-18,31-40,80H2,1-8H3,(H2,81,107)(H2,82,108)(H2,83,109)(H,93,112)(H,94,111)(H,95,113)(H,96,116)(H,97,114)(H,98,120)(H,99,115)(H,100,110)(H,101,117)(H,102,121)(H,103,118)(H,104,119)(H4,84,85,90)(H4,86,87,91)(H4,88,89,92)/t42-,43-,44-,51-,52-,53-,54-,55-,56-,57-,58-,59-,62-,63-/m0/s1. The number of guanidine groups is 3. The van der Waals surface area contributed by atoms with E-state index in [9.17, 15) is 82.1 Å². The molecule has 34 N–H and O–H groups in total. The van der Waals surface area contributed by atoms with Crippen LogP contribution >= 0.6 is 0 Å². The molecule has 42 nitrogen and oxygen atoms in total. The van der Waals surface area contributed by atoms with Gasteiger partial charge in [-0.3, -0.25) is 88.1 Å². The van der Waals surface area contributed by atoms with Crippen molar-refractivity contribution >= 4 is 106 Å². The summed E-state index contributed by atoms with van der Waals surface area (Å²) in [6, 6.07) is -0.214. The molecule has 0 spiro atoms. The molecule has 668 valence electrons. The summed E-state index contributed by atoms with van der Waals surface area (Å²) in [5.74, 6) is -17.2. The van der Waals surface area contributed by atoms with Crippen molar-refractivity contribution in [1.29, 1.82) is 16.2 Å². The van der Waals surface area contributed by atoms with Crippen LogP contribution in [0.1, 0.15) is 172 Å². The van der Waals surface area contributed by atoms with Crippen molar-refractivity contribution in [3.05, 3.63) is 95.1 Å². The fourth-order valence-corrected chi connectivity index (χ4v) is 12.3. The Morgan fingerprint density at radius 3 is 1.09 bits per heavy atom. The average molecular weight is 1700 g/mol. The number of aromatic hydroxyl groups is 2. The van der Waals surface area contributed by atoms with E-state index in [1.165, 1.54) is 67.6 Å². The van der Waals surface area contributed by atoms with E-state index in [2.05, 4.69) is 79.8 Å². The monoisotopic (exact) mass is 1700 g/mol. The predicted octanol–water partition coefficient (Wildman–Crippen LogP) is -4.15. The molecule has 0 unspecified atom stereocenters. The van der Waals surface area contributed by atoms with E-state index in [1.807, 2.05) is 0 Å². The molecule has 15 amide bonds. The van der Waals surface area contributed by atoms with Crippen LogP contribution in [0, 0.1) is 34.0 Å². The number of carbonyl (C=O) groups excluding carboxylic acids is 15. The second kappa shape index (κ2) is 52.8. The summed E-state index contributed by atoms with van der Waals surface area (Å²) in [7, 11) is 0. The van der Waals surface area contributed by atoms with Crippen molar-refractivity contribution in [3.8, 4) is 11.5 Å². The third-order valence-electron chi connectivity index (χ3n) is 19.6. The maximum Gasteiger partial charge on any atom is 0.251 e. The molecule has 0 saturated heterocycles. The molecular weight excluding hydrogens is 1570 g/mol. The van der Waals surface area contributed by atoms with Crippen LogP contribution in [0.25, 0.3) is 0 Å². The van der Waals surface area contributed by atoms with Crippen LogP contribution in [-0.2, 0) is 86.5 Å². The van der Waals surface area contributed by atoms with Crippen molar-refractivity contribution in [3.63, 3.8) is 0 Å². The van der Waals surface area contributed by atoms with Crippen LogP contribution in [0.15, 0.2) is 72.8 Å². The lowest BCUT2D eigenvalue weighted by Crippen LogP contribution is -2.62. The molecule has 0 bridgehead atoms. The number of phenolic OH excluding ortho intramolecular Hbond substituents is 2. The number of primary amides is 3. The first kappa shape index (κ1) is 102. The van der Waals surface area contributed by atoms with E-state index in [0.29, 0.717) is 11.1 Å². The van der Waals surface area contributed by atoms with Crippen molar-refractivity contribution in [1.82, 2.24) is 79.8 Å². The zero-order valence-electron chi connectivity index (χ0n) is 69.8. The largest absolute Gasteiger partial charge is 0.508 e. The molecule has 3 aromatic rings. The molecule has 0 radical (unpaired) electrons. The van der Waals surface area contributed by atoms with Gasteiger partial charge < -0.3 is 130 Å². The summed E-state index contributed by atoms with van der Waals surface area (Å²) >= 11 is 0. The van der Waals surface area contributed by atoms with Gasteiger partial charge in [0.1, 0.15) is 84.0 Å². The van der Waals surface area contributed by atoms with Gasteiger partial charge in [-0.25, -0.2) is 0 Å². The number of hydrogen-bond donors (Lipinski definition) is 27. The molecule has 0 fully saturated rings. The number of nitrogens with two attached hydrogens (primary N) is 7. The Morgan fingerprint density at radius 2 is 0.702 bits per heavy atom. The maximum absolute atomic E-state index is 14.7. The fourth-order valence-electron chi connectivity index (χ4n) is 12.3. The Morgan fingerprint density at radius 1 is 0.364 bits per heavy atom. The third-order valence-corrected chi connectivity index (χ3v) is 19.6. The maximum atomic E-state index is 14.7. The number of benzene rings is 3. The summed E-state index contributed by atoms with van der Waals surface area (Å²) < 4.78 is 0. The van der Waals surface area contributed by atoms with Gasteiger partial charge in [-0.15, -0.1) is 0 Å². The number of hydrogen-bond acceptors (Lipinski definition) is 21. The Kier molecular flexibility index (Phi) is 44.6.